The van der Waals surface area contributed by atoms with E-state index in [1.54, 1.807) is 36.4 Å². The number of hydrogen-bond donors (Lipinski definition) is 2. The van der Waals surface area contributed by atoms with E-state index < -0.39 is 11.6 Å². The number of aromatic hydroxyl groups is 2. The summed E-state index contributed by atoms with van der Waals surface area (Å²) in [5.74, 6) is -1.43. The van der Waals surface area contributed by atoms with Gasteiger partial charge in [0.2, 0.25) is 0 Å². The molecule has 0 fully saturated rings. The SMILES string of the molecule is Oc1ccc2nc(-c3ccc(O)c(F)c3)cc(-c3ccc(F)cc3)c2c1. The number of hydrogen-bond acceptors (Lipinski definition) is 3. The summed E-state index contributed by atoms with van der Waals surface area (Å²) in [7, 11) is 0. The maximum Gasteiger partial charge on any atom is 0.165 e. The summed E-state index contributed by atoms with van der Waals surface area (Å²) in [5.41, 5.74) is 3.08. The van der Waals surface area contributed by atoms with Crippen LogP contribution in [-0.2, 0) is 0 Å². The van der Waals surface area contributed by atoms with Crippen LogP contribution in [0.15, 0.2) is 66.7 Å². The molecule has 1 heterocycles. The molecule has 26 heavy (non-hydrogen) atoms. The number of pyridine rings is 1. The fourth-order valence-corrected chi connectivity index (χ4v) is 2.90. The topological polar surface area (TPSA) is 53.4 Å². The Hall–Kier alpha value is -3.47. The lowest BCUT2D eigenvalue weighted by Gasteiger charge is -2.11. The lowest BCUT2D eigenvalue weighted by molar-refractivity contribution is 0.432. The molecule has 4 rings (SSSR count). The van der Waals surface area contributed by atoms with Crippen molar-refractivity contribution in [3.05, 3.63) is 78.4 Å². The molecule has 0 bridgehead atoms. The maximum atomic E-state index is 13.7. The predicted octanol–water partition coefficient (Wildman–Crippen LogP) is 5.26. The number of rotatable bonds is 2. The van der Waals surface area contributed by atoms with Gasteiger partial charge in [0, 0.05) is 10.9 Å². The van der Waals surface area contributed by atoms with E-state index in [0.29, 0.717) is 22.2 Å². The van der Waals surface area contributed by atoms with Gasteiger partial charge in [-0.25, -0.2) is 13.8 Å². The first-order chi connectivity index (χ1) is 12.5. The minimum Gasteiger partial charge on any atom is -0.508 e. The maximum absolute atomic E-state index is 13.7. The highest BCUT2D eigenvalue weighted by molar-refractivity contribution is 5.97. The normalized spacial score (nSPS) is 11.0. The molecule has 2 N–H and O–H groups in total. The first kappa shape index (κ1) is 16.0. The molecule has 0 saturated carbocycles. The van der Waals surface area contributed by atoms with Crippen LogP contribution in [0.1, 0.15) is 0 Å². The van der Waals surface area contributed by atoms with Gasteiger partial charge < -0.3 is 10.2 Å². The summed E-state index contributed by atoms with van der Waals surface area (Å²) >= 11 is 0. The quantitative estimate of drug-likeness (QED) is 0.519. The Morgan fingerprint density at radius 2 is 1.46 bits per heavy atom. The van der Waals surface area contributed by atoms with E-state index in [9.17, 15) is 19.0 Å². The second kappa shape index (κ2) is 6.11. The third-order valence-electron chi connectivity index (χ3n) is 4.19. The van der Waals surface area contributed by atoms with Gasteiger partial charge in [0.05, 0.1) is 11.2 Å². The summed E-state index contributed by atoms with van der Waals surface area (Å²) in [6.45, 7) is 0. The van der Waals surface area contributed by atoms with Crippen molar-refractivity contribution in [1.82, 2.24) is 4.98 Å². The van der Waals surface area contributed by atoms with Gasteiger partial charge in [0.25, 0.3) is 0 Å². The van der Waals surface area contributed by atoms with Crippen LogP contribution < -0.4 is 0 Å². The molecule has 3 nitrogen and oxygen atoms in total. The number of fused-ring (bicyclic) bond motifs is 1. The van der Waals surface area contributed by atoms with Crippen LogP contribution in [0.25, 0.3) is 33.3 Å². The second-order valence-electron chi connectivity index (χ2n) is 5.93. The van der Waals surface area contributed by atoms with Crippen molar-refractivity contribution >= 4 is 10.9 Å². The molecule has 0 radical (unpaired) electrons. The van der Waals surface area contributed by atoms with Crippen LogP contribution in [0.3, 0.4) is 0 Å². The van der Waals surface area contributed by atoms with Gasteiger partial charge >= 0.3 is 0 Å². The molecule has 0 aliphatic heterocycles. The van der Waals surface area contributed by atoms with E-state index in [-0.39, 0.29) is 11.6 Å². The number of phenols is 2. The smallest absolute Gasteiger partial charge is 0.165 e. The van der Waals surface area contributed by atoms with Crippen LogP contribution in [0.4, 0.5) is 8.78 Å². The number of nitrogens with zero attached hydrogens (tertiary/aromatic N) is 1. The molecule has 0 atom stereocenters. The predicted molar refractivity (Wildman–Crippen MR) is 95.9 cm³/mol. The number of aromatic nitrogens is 1. The average Bonchev–Trinajstić information content (AvgIpc) is 2.64. The Balaban J connectivity index is 2.00. The zero-order chi connectivity index (χ0) is 18.3. The van der Waals surface area contributed by atoms with E-state index in [1.807, 2.05) is 0 Å². The molecule has 0 aliphatic carbocycles. The summed E-state index contributed by atoms with van der Waals surface area (Å²) in [6, 6.07) is 16.5. The van der Waals surface area contributed by atoms with Gasteiger partial charge in [-0.15, -0.1) is 0 Å². The molecular weight excluding hydrogens is 336 g/mol. The molecule has 0 spiro atoms. The van der Waals surface area contributed by atoms with Crippen molar-refractivity contribution in [2.75, 3.05) is 0 Å². The van der Waals surface area contributed by atoms with E-state index in [4.69, 9.17) is 0 Å². The highest BCUT2D eigenvalue weighted by Crippen LogP contribution is 2.34. The molecule has 1 aromatic heterocycles. The van der Waals surface area contributed by atoms with Crippen LogP contribution in [-0.4, -0.2) is 15.2 Å². The monoisotopic (exact) mass is 349 g/mol. The minimum absolute atomic E-state index is 0.0890. The number of halogens is 2. The van der Waals surface area contributed by atoms with E-state index in [2.05, 4.69) is 4.98 Å². The number of benzene rings is 3. The van der Waals surface area contributed by atoms with Crippen LogP contribution in [0.2, 0.25) is 0 Å². The molecule has 0 saturated heterocycles. The zero-order valence-electron chi connectivity index (χ0n) is 13.4. The lowest BCUT2D eigenvalue weighted by atomic mass is 9.98. The second-order valence-corrected chi connectivity index (χ2v) is 5.93. The van der Waals surface area contributed by atoms with Crippen molar-refractivity contribution in [3.63, 3.8) is 0 Å². The first-order valence-electron chi connectivity index (χ1n) is 7.90. The molecule has 3 aromatic carbocycles. The third kappa shape index (κ3) is 2.84. The fraction of sp³-hybridized carbons (Fsp3) is 0. The fourth-order valence-electron chi connectivity index (χ4n) is 2.90. The third-order valence-corrected chi connectivity index (χ3v) is 4.19. The van der Waals surface area contributed by atoms with Gasteiger partial charge in [0.1, 0.15) is 11.6 Å². The van der Waals surface area contributed by atoms with Gasteiger partial charge in [-0.05, 0) is 65.7 Å². The molecule has 128 valence electrons. The lowest BCUT2D eigenvalue weighted by Crippen LogP contribution is -1.91. The summed E-state index contributed by atoms with van der Waals surface area (Å²) < 4.78 is 27.0. The van der Waals surface area contributed by atoms with Crippen molar-refractivity contribution in [2.45, 2.75) is 0 Å². The van der Waals surface area contributed by atoms with Crippen LogP contribution in [0, 0.1) is 11.6 Å². The molecular formula is C21H13F2NO2. The molecule has 0 unspecified atom stereocenters. The Morgan fingerprint density at radius 3 is 2.19 bits per heavy atom. The van der Waals surface area contributed by atoms with Crippen molar-refractivity contribution in [1.29, 1.82) is 0 Å². The largest absolute Gasteiger partial charge is 0.508 e. The highest BCUT2D eigenvalue weighted by Gasteiger charge is 2.12. The molecule has 0 aliphatic rings. The minimum atomic E-state index is -0.738. The Bertz CT molecular complexity index is 1120. The summed E-state index contributed by atoms with van der Waals surface area (Å²) in [4.78, 5) is 4.53. The summed E-state index contributed by atoms with van der Waals surface area (Å²) in [6.07, 6.45) is 0. The van der Waals surface area contributed by atoms with Crippen molar-refractivity contribution in [3.8, 4) is 33.9 Å². The highest BCUT2D eigenvalue weighted by atomic mass is 19.1. The molecule has 5 heteroatoms. The van der Waals surface area contributed by atoms with Gasteiger partial charge in [-0.3, -0.25) is 0 Å². The Kier molecular flexibility index (Phi) is 3.77. The van der Waals surface area contributed by atoms with Gasteiger partial charge in [0.15, 0.2) is 11.6 Å². The van der Waals surface area contributed by atoms with E-state index in [1.165, 1.54) is 30.3 Å². The van der Waals surface area contributed by atoms with Crippen LogP contribution >= 0.6 is 0 Å². The standard InChI is InChI=1S/C21H13F2NO2/c22-14-4-1-12(2-5-14)16-11-20(13-3-8-21(26)18(23)9-13)24-19-7-6-15(25)10-17(16)19/h1-11,25-26H. The van der Waals surface area contributed by atoms with Crippen molar-refractivity contribution in [2.24, 2.45) is 0 Å². The molecule has 0 amide bonds. The first-order valence-corrected chi connectivity index (χ1v) is 7.90. The zero-order valence-corrected chi connectivity index (χ0v) is 13.4. The Labute approximate surface area is 147 Å². The van der Waals surface area contributed by atoms with Gasteiger partial charge in [-0.1, -0.05) is 12.1 Å². The van der Waals surface area contributed by atoms with Gasteiger partial charge in [-0.2, -0.15) is 0 Å². The summed E-state index contributed by atoms with van der Waals surface area (Å²) in [5, 5.41) is 19.9. The van der Waals surface area contributed by atoms with E-state index >= 15 is 0 Å². The van der Waals surface area contributed by atoms with E-state index in [0.717, 1.165) is 11.1 Å². The average molecular weight is 349 g/mol. The molecule has 4 aromatic rings. The van der Waals surface area contributed by atoms with Crippen LogP contribution in [0.5, 0.6) is 11.5 Å². The Morgan fingerprint density at radius 1 is 0.731 bits per heavy atom. The van der Waals surface area contributed by atoms with Crippen molar-refractivity contribution < 1.29 is 19.0 Å². The number of phenolic OH excluding ortho intramolecular Hbond substituents is 2.